The van der Waals surface area contributed by atoms with Crippen LogP contribution in [0.2, 0.25) is 0 Å². The number of halogens is 3. The number of ether oxygens (including phenoxy) is 1. The Morgan fingerprint density at radius 2 is 2.07 bits per heavy atom. The van der Waals surface area contributed by atoms with Gasteiger partial charge in [-0.15, -0.1) is 0 Å². The van der Waals surface area contributed by atoms with Crippen LogP contribution in [0.25, 0.3) is 22.4 Å². The minimum Gasteiger partial charge on any atom is -0.385 e. The predicted octanol–water partition coefficient (Wildman–Crippen LogP) is 2.91. The number of alkyl halides is 3. The van der Waals surface area contributed by atoms with Gasteiger partial charge in [-0.1, -0.05) is 0 Å². The molecule has 0 bridgehead atoms. The molecule has 0 atom stereocenters. The van der Waals surface area contributed by atoms with Crippen LogP contribution in [0.4, 0.5) is 13.2 Å². The summed E-state index contributed by atoms with van der Waals surface area (Å²) >= 11 is 5.14. The molecule has 144 valence electrons. The first-order valence-electron chi connectivity index (χ1n) is 7.96. The molecular weight excluding hydrogens is 383 g/mol. The van der Waals surface area contributed by atoms with Crippen molar-refractivity contribution in [3.05, 3.63) is 39.0 Å². The Kier molecular flexibility index (Phi) is 5.16. The van der Waals surface area contributed by atoms with E-state index in [1.54, 1.807) is 19.3 Å². The summed E-state index contributed by atoms with van der Waals surface area (Å²) in [5, 5.41) is 3.56. The zero-order valence-corrected chi connectivity index (χ0v) is 15.3. The first kappa shape index (κ1) is 19.2. The van der Waals surface area contributed by atoms with E-state index in [2.05, 4.69) is 15.1 Å². The topological polar surface area (TPSA) is 77.7 Å². The Balaban J connectivity index is 2.36. The lowest BCUT2D eigenvalue weighted by atomic mass is 10.1. The van der Waals surface area contributed by atoms with Crippen LogP contribution in [0.15, 0.2) is 23.1 Å². The molecule has 0 amide bonds. The highest BCUT2D eigenvalue weighted by molar-refractivity contribution is 7.71. The second-order valence-corrected chi connectivity index (χ2v) is 6.27. The van der Waals surface area contributed by atoms with Gasteiger partial charge in [0.1, 0.15) is 11.3 Å². The van der Waals surface area contributed by atoms with E-state index in [-0.39, 0.29) is 28.4 Å². The van der Waals surface area contributed by atoms with E-state index in [4.69, 9.17) is 17.0 Å². The van der Waals surface area contributed by atoms with Crippen LogP contribution in [-0.2, 0) is 24.5 Å². The Hall–Kier alpha value is -2.53. The molecule has 0 unspecified atom stereocenters. The Morgan fingerprint density at radius 3 is 2.67 bits per heavy atom. The number of aromatic amines is 1. The molecule has 0 aromatic carbocycles. The zero-order chi connectivity index (χ0) is 19.8. The number of methoxy groups -OCH3 is 1. The van der Waals surface area contributed by atoms with Crippen LogP contribution in [0, 0.1) is 4.77 Å². The first-order chi connectivity index (χ1) is 12.7. The Labute approximate surface area is 156 Å². The number of fused-ring (bicyclic) bond motifs is 1. The van der Waals surface area contributed by atoms with Crippen LogP contribution in [0.5, 0.6) is 0 Å². The van der Waals surface area contributed by atoms with Gasteiger partial charge in [-0.25, -0.2) is 4.98 Å². The second-order valence-electron chi connectivity index (χ2n) is 5.88. The smallest absolute Gasteiger partial charge is 0.385 e. The first-order valence-corrected chi connectivity index (χ1v) is 8.37. The molecule has 7 nitrogen and oxygen atoms in total. The monoisotopic (exact) mass is 399 g/mol. The predicted molar refractivity (Wildman–Crippen MR) is 94.9 cm³/mol. The third-order valence-electron chi connectivity index (χ3n) is 3.96. The number of H-pyrrole nitrogens is 1. The number of rotatable bonds is 5. The highest BCUT2D eigenvalue weighted by Gasteiger charge is 2.35. The van der Waals surface area contributed by atoms with E-state index in [1.165, 1.54) is 16.4 Å². The molecule has 0 aliphatic rings. The highest BCUT2D eigenvalue weighted by Crippen LogP contribution is 2.35. The van der Waals surface area contributed by atoms with Crippen LogP contribution in [0.3, 0.4) is 0 Å². The van der Waals surface area contributed by atoms with Crippen molar-refractivity contribution in [3.63, 3.8) is 0 Å². The number of aryl methyl sites for hydroxylation is 2. The van der Waals surface area contributed by atoms with E-state index in [9.17, 15) is 18.0 Å². The second kappa shape index (κ2) is 7.24. The average Bonchev–Trinajstić information content (AvgIpc) is 3.02. The van der Waals surface area contributed by atoms with Gasteiger partial charge in [-0.2, -0.15) is 18.3 Å². The zero-order valence-electron chi connectivity index (χ0n) is 14.5. The maximum absolute atomic E-state index is 13.7. The molecule has 3 aromatic rings. The molecule has 0 aliphatic heterocycles. The molecule has 0 aliphatic carbocycles. The lowest BCUT2D eigenvalue weighted by molar-refractivity contribution is -0.136. The van der Waals surface area contributed by atoms with Gasteiger partial charge in [0.25, 0.3) is 5.56 Å². The van der Waals surface area contributed by atoms with Crippen LogP contribution in [0.1, 0.15) is 12.0 Å². The Morgan fingerprint density at radius 1 is 1.33 bits per heavy atom. The molecule has 3 heterocycles. The molecule has 3 aromatic heterocycles. The summed E-state index contributed by atoms with van der Waals surface area (Å²) in [7, 11) is 3.16. The lowest BCUT2D eigenvalue weighted by Gasteiger charge is -2.15. The summed E-state index contributed by atoms with van der Waals surface area (Å²) in [4.78, 5) is 18.9. The molecule has 0 spiro atoms. The SMILES string of the molecule is COCCCn1c(=S)[nH]c(=O)c2c(C(F)(F)F)cc(-c3ccn(C)n3)nc21. The van der Waals surface area contributed by atoms with Crippen molar-refractivity contribution < 1.29 is 17.9 Å². The van der Waals surface area contributed by atoms with Gasteiger partial charge in [0.05, 0.1) is 16.6 Å². The van der Waals surface area contributed by atoms with Crippen LogP contribution in [-0.4, -0.2) is 38.0 Å². The molecule has 27 heavy (non-hydrogen) atoms. The van der Waals surface area contributed by atoms with Gasteiger partial charge in [-0.3, -0.25) is 14.5 Å². The largest absolute Gasteiger partial charge is 0.417 e. The van der Waals surface area contributed by atoms with Crippen molar-refractivity contribution in [3.8, 4) is 11.4 Å². The number of nitrogens with one attached hydrogen (secondary N) is 1. The molecule has 3 rings (SSSR count). The summed E-state index contributed by atoms with van der Waals surface area (Å²) in [5.74, 6) is 0. The van der Waals surface area contributed by atoms with Gasteiger partial charge >= 0.3 is 6.18 Å². The van der Waals surface area contributed by atoms with Crippen molar-refractivity contribution in [2.45, 2.75) is 19.1 Å². The quantitative estimate of drug-likeness (QED) is 0.527. The maximum Gasteiger partial charge on any atom is 0.417 e. The van der Waals surface area contributed by atoms with Gasteiger partial charge in [0.15, 0.2) is 4.77 Å². The fraction of sp³-hybridized carbons (Fsp3) is 0.375. The molecule has 0 saturated heterocycles. The van der Waals surface area contributed by atoms with Gasteiger partial charge in [-0.05, 0) is 30.8 Å². The summed E-state index contributed by atoms with van der Waals surface area (Å²) < 4.78 is 48.8. The fourth-order valence-corrected chi connectivity index (χ4v) is 3.03. The van der Waals surface area contributed by atoms with Crippen molar-refractivity contribution in [1.29, 1.82) is 0 Å². The van der Waals surface area contributed by atoms with E-state index >= 15 is 0 Å². The lowest BCUT2D eigenvalue weighted by Crippen LogP contribution is -2.21. The van der Waals surface area contributed by atoms with Gasteiger partial charge in [0.2, 0.25) is 0 Å². The van der Waals surface area contributed by atoms with Crippen molar-refractivity contribution >= 4 is 23.3 Å². The van der Waals surface area contributed by atoms with E-state index < -0.39 is 22.7 Å². The molecule has 1 N–H and O–H groups in total. The molecule has 0 saturated carbocycles. The normalized spacial score (nSPS) is 12.0. The molecular formula is C16H16F3N5O2S. The van der Waals surface area contributed by atoms with Crippen molar-refractivity contribution in [2.24, 2.45) is 7.05 Å². The minimum absolute atomic E-state index is 0.00222. The highest BCUT2D eigenvalue weighted by atomic mass is 32.1. The molecule has 0 radical (unpaired) electrons. The summed E-state index contributed by atoms with van der Waals surface area (Å²) in [5.41, 5.74) is -1.86. The van der Waals surface area contributed by atoms with E-state index in [1.807, 2.05) is 0 Å². The van der Waals surface area contributed by atoms with E-state index in [0.717, 1.165) is 6.07 Å². The van der Waals surface area contributed by atoms with Gasteiger partial charge < -0.3 is 9.30 Å². The summed E-state index contributed by atoms with van der Waals surface area (Å²) in [6.07, 6.45) is -2.66. The standard InChI is InChI=1S/C16H16F3N5O2S/c1-23-6-4-10(22-23)11-8-9(16(17,18)19)12-13(20-11)24(5-3-7-26-2)15(27)21-14(12)25/h4,6,8H,3,5,7H2,1-2H3,(H,21,25,27). The van der Waals surface area contributed by atoms with Crippen LogP contribution < -0.4 is 5.56 Å². The van der Waals surface area contributed by atoms with Crippen molar-refractivity contribution in [2.75, 3.05) is 13.7 Å². The third-order valence-corrected chi connectivity index (χ3v) is 4.28. The van der Waals surface area contributed by atoms with Gasteiger partial charge in [0, 0.05) is 33.5 Å². The minimum atomic E-state index is -4.74. The molecule has 11 heteroatoms. The number of nitrogens with zero attached hydrogens (tertiary/aromatic N) is 4. The number of hydrogen-bond donors (Lipinski definition) is 1. The summed E-state index contributed by atoms with van der Waals surface area (Å²) in [6, 6.07) is 2.38. The number of hydrogen-bond acceptors (Lipinski definition) is 5. The molecule has 0 fully saturated rings. The number of pyridine rings is 1. The maximum atomic E-state index is 13.7. The van der Waals surface area contributed by atoms with E-state index in [0.29, 0.717) is 13.0 Å². The van der Waals surface area contributed by atoms with Crippen molar-refractivity contribution in [1.82, 2.24) is 24.3 Å². The number of aromatic nitrogens is 5. The third kappa shape index (κ3) is 3.78. The Bertz CT molecular complexity index is 1100. The van der Waals surface area contributed by atoms with Crippen LogP contribution >= 0.6 is 12.2 Å². The average molecular weight is 399 g/mol. The fourth-order valence-electron chi connectivity index (χ4n) is 2.75. The summed E-state index contributed by atoms with van der Waals surface area (Å²) in [6.45, 7) is 0.629.